The molecular weight excluding hydrogens is 226 g/mol. The first-order chi connectivity index (χ1) is 8.81. The monoisotopic (exact) mass is 249 g/mol. The van der Waals surface area contributed by atoms with Gasteiger partial charge >= 0.3 is 0 Å². The van der Waals surface area contributed by atoms with Crippen LogP contribution in [-0.4, -0.2) is 37.3 Å². The molecule has 0 radical (unpaired) electrons. The lowest BCUT2D eigenvalue weighted by atomic mass is 10.0. The van der Waals surface area contributed by atoms with Crippen molar-refractivity contribution in [3.8, 4) is 0 Å². The topological polar surface area (TPSA) is 56.7 Å². The smallest absolute Gasteiger partial charge is 0.191 e. The second-order valence-corrected chi connectivity index (χ2v) is 4.04. The molecule has 0 heterocycles. The number of aliphatic hydroxyl groups excluding tert-OH is 1. The molecule has 3 N–H and O–H groups in total. The molecule has 1 aromatic rings. The van der Waals surface area contributed by atoms with Gasteiger partial charge in [0.2, 0.25) is 0 Å². The van der Waals surface area contributed by atoms with E-state index < -0.39 is 0 Å². The third kappa shape index (κ3) is 4.75. The number of benzene rings is 1. The normalized spacial score (nSPS) is 11.7. The molecule has 0 aliphatic rings. The van der Waals surface area contributed by atoms with Gasteiger partial charge in [0.15, 0.2) is 5.96 Å². The van der Waals surface area contributed by atoms with E-state index in [1.54, 1.807) is 0 Å². The van der Waals surface area contributed by atoms with Crippen LogP contribution in [0.2, 0.25) is 0 Å². The van der Waals surface area contributed by atoms with Gasteiger partial charge in [-0.1, -0.05) is 30.3 Å². The maximum absolute atomic E-state index is 9.44. The summed E-state index contributed by atoms with van der Waals surface area (Å²) in [6.07, 6.45) is 0. The van der Waals surface area contributed by atoms with Crippen LogP contribution in [0, 0.1) is 0 Å². The summed E-state index contributed by atoms with van der Waals surface area (Å²) in [5, 5.41) is 15.8. The van der Waals surface area contributed by atoms with E-state index in [4.69, 9.17) is 0 Å². The highest BCUT2D eigenvalue weighted by Gasteiger charge is 2.09. The van der Waals surface area contributed by atoms with Crippen LogP contribution < -0.4 is 10.6 Å². The fourth-order valence-electron chi connectivity index (χ4n) is 1.70. The third-order valence-electron chi connectivity index (χ3n) is 2.65. The molecule has 0 bridgehead atoms. The summed E-state index contributed by atoms with van der Waals surface area (Å²) < 4.78 is 0. The van der Waals surface area contributed by atoms with Gasteiger partial charge in [0.25, 0.3) is 0 Å². The Morgan fingerprint density at radius 1 is 1.17 bits per heavy atom. The van der Waals surface area contributed by atoms with Crippen LogP contribution in [-0.2, 0) is 0 Å². The molecule has 4 nitrogen and oxygen atoms in total. The van der Waals surface area contributed by atoms with Crippen molar-refractivity contribution in [1.82, 2.24) is 10.6 Å². The highest BCUT2D eigenvalue weighted by atomic mass is 16.3. The Morgan fingerprint density at radius 3 is 2.28 bits per heavy atom. The van der Waals surface area contributed by atoms with Crippen LogP contribution >= 0.6 is 0 Å². The van der Waals surface area contributed by atoms with E-state index >= 15 is 0 Å². The zero-order valence-electron chi connectivity index (χ0n) is 11.2. The average Bonchev–Trinajstić information content (AvgIpc) is 2.41. The maximum Gasteiger partial charge on any atom is 0.191 e. The second-order valence-electron chi connectivity index (χ2n) is 4.04. The van der Waals surface area contributed by atoms with Crippen molar-refractivity contribution in [2.45, 2.75) is 19.8 Å². The van der Waals surface area contributed by atoms with Crippen molar-refractivity contribution in [2.24, 2.45) is 4.99 Å². The standard InChI is InChI=1S/C14H23N3O/c1-3-15-14(16-4-2)17-10-13(11-18)12-8-6-5-7-9-12/h5-9,13,18H,3-4,10-11H2,1-2H3,(H2,15,16,17). The Morgan fingerprint density at radius 2 is 1.78 bits per heavy atom. The first-order valence-corrected chi connectivity index (χ1v) is 6.49. The van der Waals surface area contributed by atoms with Gasteiger partial charge in [-0.25, -0.2) is 0 Å². The molecule has 1 atom stereocenters. The van der Waals surface area contributed by atoms with Crippen molar-refractivity contribution in [3.63, 3.8) is 0 Å². The Labute approximate surface area is 109 Å². The van der Waals surface area contributed by atoms with Crippen LogP contribution in [0.5, 0.6) is 0 Å². The molecule has 0 saturated heterocycles. The van der Waals surface area contributed by atoms with Crippen molar-refractivity contribution in [3.05, 3.63) is 35.9 Å². The fraction of sp³-hybridized carbons (Fsp3) is 0.500. The van der Waals surface area contributed by atoms with Crippen LogP contribution in [0.15, 0.2) is 35.3 Å². The van der Waals surface area contributed by atoms with Crippen molar-refractivity contribution < 1.29 is 5.11 Å². The van der Waals surface area contributed by atoms with E-state index in [9.17, 15) is 5.11 Å². The lowest BCUT2D eigenvalue weighted by Gasteiger charge is -2.14. The summed E-state index contributed by atoms with van der Waals surface area (Å²) in [4.78, 5) is 4.49. The van der Waals surface area contributed by atoms with Crippen LogP contribution in [0.25, 0.3) is 0 Å². The van der Waals surface area contributed by atoms with Crippen LogP contribution in [0.1, 0.15) is 25.3 Å². The number of hydrogen-bond acceptors (Lipinski definition) is 2. The van der Waals surface area contributed by atoms with Crippen LogP contribution in [0.4, 0.5) is 0 Å². The summed E-state index contributed by atoms with van der Waals surface area (Å²) >= 11 is 0. The highest BCUT2D eigenvalue weighted by molar-refractivity contribution is 5.79. The number of nitrogens with zero attached hydrogens (tertiary/aromatic N) is 1. The van der Waals surface area contributed by atoms with Crippen LogP contribution in [0.3, 0.4) is 0 Å². The molecular formula is C14H23N3O. The molecule has 1 aromatic carbocycles. The number of hydrogen-bond donors (Lipinski definition) is 3. The molecule has 4 heteroatoms. The van der Waals surface area contributed by atoms with Gasteiger partial charge < -0.3 is 15.7 Å². The minimum absolute atomic E-state index is 0.0542. The summed E-state index contributed by atoms with van der Waals surface area (Å²) in [7, 11) is 0. The van der Waals surface area contributed by atoms with E-state index in [1.807, 2.05) is 44.2 Å². The van der Waals surface area contributed by atoms with Gasteiger partial charge in [0.1, 0.15) is 0 Å². The largest absolute Gasteiger partial charge is 0.396 e. The second kappa shape index (κ2) is 8.53. The fourth-order valence-corrected chi connectivity index (χ4v) is 1.70. The summed E-state index contributed by atoms with van der Waals surface area (Å²) in [5.74, 6) is 0.855. The van der Waals surface area contributed by atoms with E-state index in [1.165, 1.54) is 0 Å². The van der Waals surface area contributed by atoms with Gasteiger partial charge in [-0.15, -0.1) is 0 Å². The van der Waals surface area contributed by atoms with Gasteiger partial charge in [0, 0.05) is 19.0 Å². The number of guanidine groups is 1. The molecule has 1 rings (SSSR count). The van der Waals surface area contributed by atoms with Crippen molar-refractivity contribution in [2.75, 3.05) is 26.2 Å². The molecule has 0 amide bonds. The minimum atomic E-state index is 0.0542. The van der Waals surface area contributed by atoms with Crippen molar-refractivity contribution >= 4 is 5.96 Å². The molecule has 0 aromatic heterocycles. The third-order valence-corrected chi connectivity index (χ3v) is 2.65. The summed E-state index contributed by atoms with van der Waals surface area (Å²) in [6, 6.07) is 9.99. The van der Waals surface area contributed by atoms with Gasteiger partial charge in [-0.05, 0) is 19.4 Å². The number of rotatable bonds is 6. The Balaban J connectivity index is 2.65. The van der Waals surface area contributed by atoms with Gasteiger partial charge in [-0.3, -0.25) is 4.99 Å². The number of nitrogens with one attached hydrogen (secondary N) is 2. The first kappa shape index (κ1) is 14.5. The Kier molecular flexibility index (Phi) is 6.87. The Bertz CT molecular complexity index is 343. The quantitative estimate of drug-likeness (QED) is 0.527. The zero-order valence-corrected chi connectivity index (χ0v) is 11.2. The molecule has 0 spiro atoms. The van der Waals surface area contributed by atoms with Gasteiger partial charge in [0.05, 0.1) is 13.2 Å². The summed E-state index contributed by atoms with van der Waals surface area (Å²) in [6.45, 7) is 6.43. The molecule has 0 saturated carbocycles. The van der Waals surface area contributed by atoms with E-state index in [-0.39, 0.29) is 12.5 Å². The molecule has 0 fully saturated rings. The molecule has 0 aliphatic carbocycles. The SMILES string of the molecule is CCNC(=NCC(CO)c1ccccc1)NCC. The maximum atomic E-state index is 9.44. The predicted molar refractivity (Wildman–Crippen MR) is 75.9 cm³/mol. The molecule has 18 heavy (non-hydrogen) atoms. The summed E-state index contributed by atoms with van der Waals surface area (Å²) in [5.41, 5.74) is 1.12. The first-order valence-electron chi connectivity index (χ1n) is 6.49. The van der Waals surface area contributed by atoms with E-state index in [0.29, 0.717) is 6.54 Å². The average molecular weight is 249 g/mol. The lowest BCUT2D eigenvalue weighted by Crippen LogP contribution is -2.37. The minimum Gasteiger partial charge on any atom is -0.396 e. The van der Waals surface area contributed by atoms with Gasteiger partial charge in [-0.2, -0.15) is 0 Å². The lowest BCUT2D eigenvalue weighted by molar-refractivity contribution is 0.268. The highest BCUT2D eigenvalue weighted by Crippen LogP contribution is 2.14. The molecule has 1 unspecified atom stereocenters. The zero-order chi connectivity index (χ0) is 13.2. The van der Waals surface area contributed by atoms with E-state index in [0.717, 1.165) is 24.6 Å². The Hall–Kier alpha value is -1.55. The number of aliphatic hydroxyl groups is 1. The molecule has 0 aliphatic heterocycles. The van der Waals surface area contributed by atoms with Crippen molar-refractivity contribution in [1.29, 1.82) is 0 Å². The number of aliphatic imine (C=N–C) groups is 1. The predicted octanol–water partition coefficient (Wildman–Crippen LogP) is 1.34. The van der Waals surface area contributed by atoms with E-state index in [2.05, 4.69) is 15.6 Å². The molecule has 100 valence electrons.